The van der Waals surface area contributed by atoms with Crippen molar-refractivity contribution in [3.05, 3.63) is 29.4 Å². The van der Waals surface area contributed by atoms with Gasteiger partial charge in [-0.05, 0) is 71.1 Å². The minimum atomic E-state index is 0. The maximum absolute atomic E-state index is 4.10. The van der Waals surface area contributed by atoms with Gasteiger partial charge in [0.05, 0.1) is 6.33 Å². The molecule has 140 valence electrons. The van der Waals surface area contributed by atoms with E-state index in [2.05, 4.69) is 21.8 Å². The highest BCUT2D eigenvalue weighted by Crippen LogP contribution is 2.38. The molecule has 24 heavy (non-hydrogen) atoms. The number of rotatable bonds is 2. The van der Waals surface area contributed by atoms with Crippen molar-refractivity contribution in [3.8, 4) is 11.8 Å². The largest absolute Gasteiger partial charge is 0.412 e. The zero-order valence-corrected chi connectivity index (χ0v) is 14.8. The quantitative estimate of drug-likeness (QED) is 0.625. The molecule has 0 spiro atoms. The zero-order chi connectivity index (χ0) is 14.2. The van der Waals surface area contributed by atoms with E-state index in [1.165, 1.54) is 57.1 Å². The van der Waals surface area contributed by atoms with Gasteiger partial charge in [0, 0.05) is 11.9 Å². The fourth-order valence-corrected chi connectivity index (χ4v) is 3.29. The summed E-state index contributed by atoms with van der Waals surface area (Å²) >= 11 is 0. The van der Waals surface area contributed by atoms with Crippen LogP contribution in [0.15, 0.2) is 23.7 Å². The van der Waals surface area contributed by atoms with Crippen LogP contribution in [0.1, 0.15) is 64.5 Å². The lowest BCUT2D eigenvalue weighted by Crippen LogP contribution is -2.15. The lowest BCUT2D eigenvalue weighted by atomic mass is 9.76. The molecule has 3 rings (SSSR count). The summed E-state index contributed by atoms with van der Waals surface area (Å²) in [5.41, 5.74) is 4.93. The van der Waals surface area contributed by atoms with Gasteiger partial charge in [-0.25, -0.2) is 4.98 Å². The van der Waals surface area contributed by atoms with Crippen LogP contribution in [0.4, 0.5) is 0 Å². The van der Waals surface area contributed by atoms with Crippen molar-refractivity contribution in [2.75, 3.05) is 0 Å². The molecular weight excluding hydrogens is 308 g/mol. The minimum Gasteiger partial charge on any atom is -0.412 e. The topological polar surface area (TPSA) is 155 Å². The van der Waals surface area contributed by atoms with E-state index in [-0.39, 0.29) is 21.9 Å². The van der Waals surface area contributed by atoms with E-state index >= 15 is 0 Å². The average molecular weight is 342 g/mol. The van der Waals surface area contributed by atoms with Crippen LogP contribution in [0.3, 0.4) is 0 Å². The second-order valence-corrected chi connectivity index (χ2v) is 5.80. The van der Waals surface area contributed by atoms with Gasteiger partial charge in [-0.1, -0.05) is 11.1 Å². The van der Waals surface area contributed by atoms with E-state index in [0.29, 0.717) is 0 Å². The number of nitrogens with zero attached hydrogens (tertiary/aromatic N) is 1. The SMILES string of the molecule is CC#CC.O.O.O.O.c1ncc(CC2CCC3=C(CCCC3)C2)[nH]1. The molecule has 1 aromatic rings. The summed E-state index contributed by atoms with van der Waals surface area (Å²) in [7, 11) is 0. The van der Waals surface area contributed by atoms with Crippen molar-refractivity contribution < 1.29 is 21.9 Å². The van der Waals surface area contributed by atoms with Crippen molar-refractivity contribution in [3.63, 3.8) is 0 Å². The fourth-order valence-electron chi connectivity index (χ4n) is 3.29. The predicted octanol–water partition coefficient (Wildman–Crippen LogP) is 1.35. The second-order valence-electron chi connectivity index (χ2n) is 5.80. The summed E-state index contributed by atoms with van der Waals surface area (Å²) in [6.07, 6.45) is 14.7. The first kappa shape index (κ1) is 27.2. The van der Waals surface area contributed by atoms with Crippen LogP contribution in [0.2, 0.25) is 0 Å². The zero-order valence-electron chi connectivity index (χ0n) is 14.8. The van der Waals surface area contributed by atoms with Crippen LogP contribution in [0, 0.1) is 17.8 Å². The van der Waals surface area contributed by atoms with Crippen molar-refractivity contribution in [2.24, 2.45) is 5.92 Å². The molecule has 1 atom stereocenters. The lowest BCUT2D eigenvalue weighted by molar-refractivity contribution is 0.418. The monoisotopic (exact) mass is 342 g/mol. The Hall–Kier alpha value is -1.65. The summed E-state index contributed by atoms with van der Waals surface area (Å²) in [4.78, 5) is 7.33. The molecular formula is C18H34N2O4. The van der Waals surface area contributed by atoms with E-state index in [0.717, 1.165) is 5.92 Å². The lowest BCUT2D eigenvalue weighted by Gasteiger charge is -2.30. The number of nitrogens with one attached hydrogen (secondary N) is 1. The molecule has 2 aliphatic carbocycles. The number of imidazole rings is 1. The average Bonchev–Trinajstić information content (AvgIpc) is 3.00. The van der Waals surface area contributed by atoms with E-state index in [9.17, 15) is 0 Å². The number of hydrogen-bond donors (Lipinski definition) is 1. The van der Waals surface area contributed by atoms with Crippen LogP contribution in [-0.2, 0) is 6.42 Å². The molecule has 2 aliphatic rings. The molecule has 0 radical (unpaired) electrons. The molecule has 0 bridgehead atoms. The molecule has 6 heteroatoms. The van der Waals surface area contributed by atoms with Gasteiger partial charge in [0.15, 0.2) is 0 Å². The summed E-state index contributed by atoms with van der Waals surface area (Å²) in [5.74, 6) is 6.22. The highest BCUT2D eigenvalue weighted by molar-refractivity contribution is 5.21. The van der Waals surface area contributed by atoms with Crippen LogP contribution in [-0.4, -0.2) is 31.9 Å². The molecule has 0 saturated heterocycles. The van der Waals surface area contributed by atoms with Crippen LogP contribution in [0.25, 0.3) is 0 Å². The Labute approximate surface area is 145 Å². The highest BCUT2D eigenvalue weighted by Gasteiger charge is 2.23. The molecule has 6 nitrogen and oxygen atoms in total. The molecule has 1 heterocycles. The minimum absolute atomic E-state index is 0. The maximum atomic E-state index is 4.10. The number of H-pyrrole nitrogens is 1. The molecule has 1 aromatic heterocycles. The van der Waals surface area contributed by atoms with Gasteiger partial charge in [-0.3, -0.25) is 0 Å². The Morgan fingerprint density at radius 3 is 2.17 bits per heavy atom. The first-order chi connectivity index (χ1) is 9.83. The normalized spacial score (nSPS) is 17.7. The molecule has 0 aromatic carbocycles. The third-order valence-electron chi connectivity index (χ3n) is 4.41. The van der Waals surface area contributed by atoms with E-state index in [1.54, 1.807) is 6.33 Å². The molecule has 0 saturated carbocycles. The smallest absolute Gasteiger partial charge is 0.0921 e. The van der Waals surface area contributed by atoms with Crippen molar-refractivity contribution in [1.82, 2.24) is 9.97 Å². The number of hydrogen-bond acceptors (Lipinski definition) is 1. The Morgan fingerprint density at radius 2 is 1.62 bits per heavy atom. The van der Waals surface area contributed by atoms with Crippen molar-refractivity contribution in [1.29, 1.82) is 0 Å². The van der Waals surface area contributed by atoms with Gasteiger partial charge in [0.2, 0.25) is 0 Å². The van der Waals surface area contributed by atoms with Crippen LogP contribution < -0.4 is 0 Å². The predicted molar refractivity (Wildman–Crippen MR) is 98.7 cm³/mol. The van der Waals surface area contributed by atoms with Gasteiger partial charge in [-0.2, -0.15) is 0 Å². The number of allylic oxidation sites excluding steroid dienone is 2. The van der Waals surface area contributed by atoms with Crippen LogP contribution >= 0.6 is 0 Å². The second kappa shape index (κ2) is 14.9. The third kappa shape index (κ3) is 8.27. The van der Waals surface area contributed by atoms with Gasteiger partial charge in [0.1, 0.15) is 0 Å². The number of aromatic amines is 1. The third-order valence-corrected chi connectivity index (χ3v) is 4.41. The van der Waals surface area contributed by atoms with Crippen molar-refractivity contribution >= 4 is 0 Å². The Kier molecular flexibility index (Phi) is 16.9. The molecule has 0 fully saturated rings. The van der Waals surface area contributed by atoms with E-state index in [4.69, 9.17) is 0 Å². The van der Waals surface area contributed by atoms with Gasteiger partial charge < -0.3 is 26.9 Å². The number of aromatic nitrogens is 2. The maximum Gasteiger partial charge on any atom is 0.0921 e. The van der Waals surface area contributed by atoms with E-state index in [1.807, 2.05) is 31.2 Å². The highest BCUT2D eigenvalue weighted by atomic mass is 16.0. The van der Waals surface area contributed by atoms with E-state index < -0.39 is 0 Å². The van der Waals surface area contributed by atoms with Gasteiger partial charge in [0.25, 0.3) is 0 Å². The summed E-state index contributed by atoms with van der Waals surface area (Å²) in [5, 5.41) is 0. The fraction of sp³-hybridized carbons (Fsp3) is 0.611. The summed E-state index contributed by atoms with van der Waals surface area (Å²) in [6, 6.07) is 0. The Morgan fingerprint density at radius 1 is 1.00 bits per heavy atom. The summed E-state index contributed by atoms with van der Waals surface area (Å²) in [6.45, 7) is 3.64. The molecule has 0 aliphatic heterocycles. The molecule has 9 N–H and O–H groups in total. The Balaban J connectivity index is -0.000000504. The first-order valence-electron chi connectivity index (χ1n) is 7.84. The standard InChI is InChI=1S/C14H20N2.C4H6.4H2O/c1-2-4-13-7-11(5-6-12(13)3-1)8-14-9-15-10-16-14;1-3-4-2;;;;/h9-11H,1-8H2,(H,15,16);1-2H3;4*1H2. The van der Waals surface area contributed by atoms with Gasteiger partial charge in [-0.15, -0.1) is 11.8 Å². The summed E-state index contributed by atoms with van der Waals surface area (Å²) < 4.78 is 0. The van der Waals surface area contributed by atoms with Gasteiger partial charge >= 0.3 is 0 Å². The Bertz CT molecular complexity index is 495. The van der Waals surface area contributed by atoms with Crippen LogP contribution in [0.5, 0.6) is 0 Å². The molecule has 1 unspecified atom stereocenters. The van der Waals surface area contributed by atoms with Crippen molar-refractivity contribution in [2.45, 2.75) is 65.2 Å². The first-order valence-corrected chi connectivity index (χ1v) is 7.84. The molecule has 0 amide bonds.